The van der Waals surface area contributed by atoms with E-state index in [1.807, 2.05) is 12.1 Å². The van der Waals surface area contributed by atoms with Crippen molar-refractivity contribution < 1.29 is 13.9 Å². The first-order valence-electron chi connectivity index (χ1n) is 7.60. The monoisotopic (exact) mass is 373 g/mol. The van der Waals surface area contributed by atoms with Crippen molar-refractivity contribution in [3.63, 3.8) is 0 Å². The van der Waals surface area contributed by atoms with Gasteiger partial charge in [0.05, 0.1) is 12.9 Å². The molecule has 7 nitrogen and oxygen atoms in total. The van der Waals surface area contributed by atoms with Crippen LogP contribution in [-0.2, 0) is 4.79 Å². The molecule has 1 amide bonds. The number of amides is 1. The van der Waals surface area contributed by atoms with E-state index in [2.05, 4.69) is 15.5 Å². The number of nitrogen functional groups attached to an aromatic ring is 1. The highest BCUT2D eigenvalue weighted by Crippen LogP contribution is 2.23. The second kappa shape index (κ2) is 7.87. The van der Waals surface area contributed by atoms with Crippen LogP contribution in [0.3, 0.4) is 0 Å². The van der Waals surface area contributed by atoms with E-state index in [1.165, 1.54) is 28.9 Å². The minimum Gasteiger partial charge on any atom is -0.497 e. The number of halogens is 1. The minimum atomic E-state index is -0.361. The number of ether oxygens (including phenoxy) is 1. The van der Waals surface area contributed by atoms with E-state index in [-0.39, 0.29) is 17.5 Å². The van der Waals surface area contributed by atoms with Gasteiger partial charge >= 0.3 is 0 Å². The molecule has 3 aromatic rings. The molecule has 1 heterocycles. The van der Waals surface area contributed by atoms with Gasteiger partial charge in [0.2, 0.25) is 11.1 Å². The molecule has 1 aromatic heterocycles. The number of aromatic nitrogens is 3. The van der Waals surface area contributed by atoms with Crippen molar-refractivity contribution in [2.24, 2.45) is 0 Å². The SMILES string of the molecule is COc1ccc(-c2nnc(SCC(=O)Nc3ccc(F)cc3)n2N)cc1. The Bertz CT molecular complexity index is 897. The molecule has 26 heavy (non-hydrogen) atoms. The first-order chi connectivity index (χ1) is 12.6. The van der Waals surface area contributed by atoms with Gasteiger partial charge < -0.3 is 15.9 Å². The molecule has 0 bridgehead atoms. The number of anilines is 1. The molecule has 0 fully saturated rings. The zero-order valence-corrected chi connectivity index (χ0v) is 14.7. The molecule has 9 heteroatoms. The Morgan fingerprint density at radius 3 is 2.54 bits per heavy atom. The lowest BCUT2D eigenvalue weighted by Crippen LogP contribution is -2.16. The van der Waals surface area contributed by atoms with Gasteiger partial charge in [-0.15, -0.1) is 10.2 Å². The van der Waals surface area contributed by atoms with Gasteiger partial charge in [-0.1, -0.05) is 11.8 Å². The summed E-state index contributed by atoms with van der Waals surface area (Å²) < 4.78 is 19.3. The predicted octanol–water partition coefficient (Wildman–Crippen LogP) is 2.54. The Kier molecular flexibility index (Phi) is 5.37. The fraction of sp³-hybridized carbons (Fsp3) is 0.118. The largest absolute Gasteiger partial charge is 0.497 e. The second-order valence-electron chi connectivity index (χ2n) is 5.25. The fourth-order valence-corrected chi connectivity index (χ4v) is 2.83. The van der Waals surface area contributed by atoms with Gasteiger partial charge in [0.1, 0.15) is 11.6 Å². The van der Waals surface area contributed by atoms with Crippen molar-refractivity contribution in [1.82, 2.24) is 14.9 Å². The van der Waals surface area contributed by atoms with Crippen LogP contribution in [0.15, 0.2) is 53.7 Å². The molecule has 3 N–H and O–H groups in total. The summed E-state index contributed by atoms with van der Waals surface area (Å²) in [5, 5.41) is 11.2. The van der Waals surface area contributed by atoms with Crippen LogP contribution in [-0.4, -0.2) is 33.6 Å². The number of carbonyl (C=O) groups is 1. The Morgan fingerprint density at radius 1 is 1.19 bits per heavy atom. The molecule has 0 unspecified atom stereocenters. The smallest absolute Gasteiger partial charge is 0.234 e. The van der Waals surface area contributed by atoms with Crippen LogP contribution in [0.2, 0.25) is 0 Å². The molecule has 0 atom stereocenters. The van der Waals surface area contributed by atoms with Gasteiger partial charge in [0, 0.05) is 11.3 Å². The Morgan fingerprint density at radius 2 is 1.88 bits per heavy atom. The summed E-state index contributed by atoms with van der Waals surface area (Å²) in [4.78, 5) is 12.0. The van der Waals surface area contributed by atoms with E-state index >= 15 is 0 Å². The number of carbonyl (C=O) groups excluding carboxylic acids is 1. The van der Waals surface area contributed by atoms with Crippen LogP contribution in [0.4, 0.5) is 10.1 Å². The highest BCUT2D eigenvalue weighted by molar-refractivity contribution is 7.99. The summed E-state index contributed by atoms with van der Waals surface area (Å²) in [7, 11) is 1.59. The van der Waals surface area contributed by atoms with Gasteiger partial charge in [0.25, 0.3) is 0 Å². The highest BCUT2D eigenvalue weighted by atomic mass is 32.2. The lowest BCUT2D eigenvalue weighted by atomic mass is 10.2. The van der Waals surface area contributed by atoms with E-state index < -0.39 is 0 Å². The number of rotatable bonds is 6. The van der Waals surface area contributed by atoms with Crippen molar-refractivity contribution in [3.05, 3.63) is 54.3 Å². The summed E-state index contributed by atoms with van der Waals surface area (Å²) in [6.45, 7) is 0. The summed E-state index contributed by atoms with van der Waals surface area (Å²) in [5.74, 6) is 6.71. The average molecular weight is 373 g/mol. The molecule has 0 aliphatic carbocycles. The zero-order chi connectivity index (χ0) is 18.5. The third-order valence-corrected chi connectivity index (χ3v) is 4.42. The van der Waals surface area contributed by atoms with Crippen molar-refractivity contribution in [3.8, 4) is 17.1 Å². The topological polar surface area (TPSA) is 95.1 Å². The molecular weight excluding hydrogens is 357 g/mol. The molecule has 0 aliphatic rings. The van der Waals surface area contributed by atoms with Crippen LogP contribution >= 0.6 is 11.8 Å². The third kappa shape index (κ3) is 4.12. The number of benzene rings is 2. The van der Waals surface area contributed by atoms with Crippen LogP contribution in [0.1, 0.15) is 0 Å². The molecule has 0 spiro atoms. The highest BCUT2D eigenvalue weighted by Gasteiger charge is 2.14. The molecule has 134 valence electrons. The number of thioether (sulfide) groups is 1. The van der Waals surface area contributed by atoms with Crippen LogP contribution in [0.25, 0.3) is 11.4 Å². The van der Waals surface area contributed by atoms with E-state index in [4.69, 9.17) is 10.6 Å². The van der Waals surface area contributed by atoms with Gasteiger partial charge in [-0.05, 0) is 48.5 Å². The first-order valence-corrected chi connectivity index (χ1v) is 8.58. The Balaban J connectivity index is 1.62. The summed E-state index contributed by atoms with van der Waals surface area (Å²) in [6.07, 6.45) is 0. The molecule has 0 saturated carbocycles. The Labute approximate surface area is 153 Å². The number of methoxy groups -OCH3 is 1. The van der Waals surface area contributed by atoms with Gasteiger partial charge in [0.15, 0.2) is 5.82 Å². The van der Waals surface area contributed by atoms with Crippen LogP contribution in [0, 0.1) is 5.82 Å². The predicted molar refractivity (Wildman–Crippen MR) is 97.9 cm³/mol. The zero-order valence-electron chi connectivity index (χ0n) is 13.8. The lowest BCUT2D eigenvalue weighted by molar-refractivity contribution is -0.113. The first kappa shape index (κ1) is 17.7. The fourth-order valence-electron chi connectivity index (χ4n) is 2.17. The van der Waals surface area contributed by atoms with Crippen LogP contribution in [0.5, 0.6) is 5.75 Å². The van der Waals surface area contributed by atoms with E-state index in [0.29, 0.717) is 16.7 Å². The molecule has 0 saturated heterocycles. The quantitative estimate of drug-likeness (QED) is 0.509. The second-order valence-corrected chi connectivity index (χ2v) is 6.19. The Hall–Kier alpha value is -3.07. The van der Waals surface area contributed by atoms with Crippen molar-refractivity contribution in [1.29, 1.82) is 0 Å². The normalized spacial score (nSPS) is 10.5. The van der Waals surface area contributed by atoms with E-state index in [9.17, 15) is 9.18 Å². The van der Waals surface area contributed by atoms with Crippen LogP contribution < -0.4 is 15.9 Å². The number of hydrogen-bond acceptors (Lipinski definition) is 6. The summed E-state index contributed by atoms with van der Waals surface area (Å²) in [5.41, 5.74) is 1.30. The number of nitrogens with two attached hydrogens (primary N) is 1. The molecule has 0 aliphatic heterocycles. The van der Waals surface area contributed by atoms with Gasteiger partial charge in [-0.2, -0.15) is 0 Å². The molecule has 3 rings (SSSR count). The van der Waals surface area contributed by atoms with Crippen molar-refractivity contribution in [2.75, 3.05) is 24.0 Å². The molecule has 2 aromatic carbocycles. The maximum absolute atomic E-state index is 12.9. The number of nitrogens with one attached hydrogen (secondary N) is 1. The standard InChI is InChI=1S/C17H16FN5O2S/c1-25-14-8-2-11(3-9-14)16-21-22-17(23(16)19)26-10-15(24)20-13-6-4-12(18)5-7-13/h2-9H,10,19H2,1H3,(H,20,24). The van der Waals surface area contributed by atoms with Crippen molar-refractivity contribution in [2.45, 2.75) is 5.16 Å². The molecular formula is C17H16FN5O2S. The van der Waals surface area contributed by atoms with Gasteiger partial charge in [-0.25, -0.2) is 9.07 Å². The minimum absolute atomic E-state index is 0.0926. The van der Waals surface area contributed by atoms with E-state index in [1.54, 1.807) is 19.2 Å². The maximum Gasteiger partial charge on any atom is 0.234 e. The molecule has 0 radical (unpaired) electrons. The lowest BCUT2D eigenvalue weighted by Gasteiger charge is -2.06. The average Bonchev–Trinajstić information content (AvgIpc) is 3.02. The number of hydrogen-bond donors (Lipinski definition) is 2. The van der Waals surface area contributed by atoms with Gasteiger partial charge in [-0.3, -0.25) is 4.79 Å². The van der Waals surface area contributed by atoms with E-state index in [0.717, 1.165) is 23.1 Å². The maximum atomic E-state index is 12.9. The number of nitrogens with zero attached hydrogens (tertiary/aromatic N) is 3. The summed E-state index contributed by atoms with van der Waals surface area (Å²) in [6, 6.07) is 12.8. The van der Waals surface area contributed by atoms with Crippen molar-refractivity contribution >= 4 is 23.4 Å². The third-order valence-electron chi connectivity index (χ3n) is 3.47. The summed E-state index contributed by atoms with van der Waals surface area (Å²) >= 11 is 1.15.